The highest BCUT2D eigenvalue weighted by molar-refractivity contribution is 5.80. The minimum atomic E-state index is 0.202. The lowest BCUT2D eigenvalue weighted by Gasteiger charge is -2.36. The standard InChI is InChI=1S/C24H29N5O/c1-2-26-24(27-15-21-10-6-9-20(13-21)14-25)29-17-22-23(18-29)30-12-11-28(22)16-19-7-4-3-5-8-19/h3-10,13,22-23H,2,11-12,15-18H2,1H3,(H,26,27). The van der Waals surface area contributed by atoms with Crippen molar-refractivity contribution in [2.45, 2.75) is 32.2 Å². The van der Waals surface area contributed by atoms with Crippen molar-refractivity contribution in [3.63, 3.8) is 0 Å². The van der Waals surface area contributed by atoms with Crippen molar-refractivity contribution in [2.75, 3.05) is 32.8 Å². The van der Waals surface area contributed by atoms with Gasteiger partial charge in [-0.1, -0.05) is 42.5 Å². The highest BCUT2D eigenvalue weighted by Crippen LogP contribution is 2.25. The Labute approximate surface area is 178 Å². The van der Waals surface area contributed by atoms with Crippen LogP contribution in [0.25, 0.3) is 0 Å². The van der Waals surface area contributed by atoms with Gasteiger partial charge in [-0.3, -0.25) is 4.90 Å². The smallest absolute Gasteiger partial charge is 0.194 e. The molecule has 2 fully saturated rings. The Kier molecular flexibility index (Phi) is 6.63. The van der Waals surface area contributed by atoms with Crippen LogP contribution in [0.5, 0.6) is 0 Å². The van der Waals surface area contributed by atoms with Crippen LogP contribution in [0.1, 0.15) is 23.6 Å². The number of benzene rings is 2. The third-order valence-electron chi connectivity index (χ3n) is 5.75. The van der Waals surface area contributed by atoms with Gasteiger partial charge in [0.2, 0.25) is 0 Å². The van der Waals surface area contributed by atoms with Gasteiger partial charge < -0.3 is 15.0 Å². The Morgan fingerprint density at radius 3 is 2.80 bits per heavy atom. The van der Waals surface area contributed by atoms with Gasteiger partial charge in [0.1, 0.15) is 0 Å². The maximum Gasteiger partial charge on any atom is 0.194 e. The van der Waals surface area contributed by atoms with Crippen molar-refractivity contribution >= 4 is 5.96 Å². The molecule has 2 saturated heterocycles. The lowest BCUT2D eigenvalue weighted by atomic mass is 10.1. The van der Waals surface area contributed by atoms with Crippen LogP contribution in [0.3, 0.4) is 0 Å². The summed E-state index contributed by atoms with van der Waals surface area (Å²) in [6, 6.07) is 20.9. The molecule has 2 unspecified atom stereocenters. The summed E-state index contributed by atoms with van der Waals surface area (Å²) in [5.41, 5.74) is 3.06. The van der Waals surface area contributed by atoms with Crippen LogP contribution < -0.4 is 5.32 Å². The van der Waals surface area contributed by atoms with Crippen LogP contribution >= 0.6 is 0 Å². The average molecular weight is 404 g/mol. The molecule has 0 aliphatic carbocycles. The molecule has 6 nitrogen and oxygen atoms in total. The molecule has 2 aliphatic heterocycles. The summed E-state index contributed by atoms with van der Waals surface area (Å²) >= 11 is 0. The van der Waals surface area contributed by atoms with Crippen LogP contribution in [-0.2, 0) is 17.8 Å². The number of nitrogens with zero attached hydrogens (tertiary/aromatic N) is 4. The third-order valence-corrected chi connectivity index (χ3v) is 5.75. The van der Waals surface area contributed by atoms with Crippen molar-refractivity contribution in [3.8, 4) is 6.07 Å². The zero-order valence-corrected chi connectivity index (χ0v) is 17.5. The molecule has 0 radical (unpaired) electrons. The van der Waals surface area contributed by atoms with E-state index in [2.05, 4.69) is 58.4 Å². The number of hydrogen-bond donors (Lipinski definition) is 1. The maximum absolute atomic E-state index is 9.12. The molecule has 0 spiro atoms. The zero-order chi connectivity index (χ0) is 20.8. The number of likely N-dealkylation sites (tertiary alicyclic amines) is 1. The molecule has 0 bridgehead atoms. The molecule has 0 amide bonds. The predicted molar refractivity (Wildman–Crippen MR) is 118 cm³/mol. The van der Waals surface area contributed by atoms with E-state index in [1.807, 2.05) is 24.3 Å². The van der Waals surface area contributed by atoms with Crippen molar-refractivity contribution < 1.29 is 4.74 Å². The fourth-order valence-electron chi connectivity index (χ4n) is 4.28. The quantitative estimate of drug-likeness (QED) is 0.614. The summed E-state index contributed by atoms with van der Waals surface area (Å²) in [6.45, 7) is 7.90. The molecule has 2 atom stereocenters. The molecule has 156 valence electrons. The van der Waals surface area contributed by atoms with Gasteiger partial charge in [0, 0.05) is 32.7 Å². The second kappa shape index (κ2) is 9.75. The topological polar surface area (TPSA) is 63.9 Å². The molecule has 4 rings (SSSR count). The van der Waals surface area contributed by atoms with Gasteiger partial charge in [0.15, 0.2) is 5.96 Å². The number of hydrogen-bond acceptors (Lipinski definition) is 4. The number of aliphatic imine (C=N–C) groups is 1. The monoisotopic (exact) mass is 403 g/mol. The number of morpholine rings is 1. The van der Waals surface area contributed by atoms with Crippen molar-refractivity contribution in [1.82, 2.24) is 15.1 Å². The van der Waals surface area contributed by atoms with Crippen LogP contribution in [0.2, 0.25) is 0 Å². The minimum absolute atomic E-state index is 0.202. The zero-order valence-electron chi connectivity index (χ0n) is 17.5. The summed E-state index contributed by atoms with van der Waals surface area (Å²) in [6.07, 6.45) is 0.202. The number of rotatable bonds is 5. The molecule has 0 saturated carbocycles. The summed E-state index contributed by atoms with van der Waals surface area (Å²) < 4.78 is 6.12. The molecular formula is C24H29N5O. The second-order valence-electron chi connectivity index (χ2n) is 7.82. The summed E-state index contributed by atoms with van der Waals surface area (Å²) in [5.74, 6) is 0.914. The largest absolute Gasteiger partial charge is 0.373 e. The third kappa shape index (κ3) is 4.81. The molecule has 2 aromatic carbocycles. The van der Waals surface area contributed by atoms with Crippen LogP contribution in [0.15, 0.2) is 59.6 Å². The SMILES string of the molecule is CCNC(=NCc1cccc(C#N)c1)N1CC2OCCN(Cc3ccccc3)C2C1. The van der Waals surface area contributed by atoms with Gasteiger partial charge in [-0.2, -0.15) is 5.26 Å². The van der Waals surface area contributed by atoms with E-state index in [0.29, 0.717) is 18.2 Å². The fourth-order valence-corrected chi connectivity index (χ4v) is 4.28. The lowest BCUT2D eigenvalue weighted by molar-refractivity contribution is -0.0502. The first kappa shape index (κ1) is 20.4. The van der Waals surface area contributed by atoms with E-state index in [1.165, 1.54) is 5.56 Å². The van der Waals surface area contributed by atoms with Crippen molar-refractivity contribution in [1.29, 1.82) is 5.26 Å². The van der Waals surface area contributed by atoms with Crippen molar-refractivity contribution in [2.24, 2.45) is 4.99 Å². The Balaban J connectivity index is 1.46. The van der Waals surface area contributed by atoms with Gasteiger partial charge in [-0.25, -0.2) is 4.99 Å². The highest BCUT2D eigenvalue weighted by Gasteiger charge is 2.41. The molecule has 2 heterocycles. The van der Waals surface area contributed by atoms with E-state index in [0.717, 1.165) is 50.9 Å². The van der Waals surface area contributed by atoms with E-state index in [-0.39, 0.29) is 6.10 Å². The van der Waals surface area contributed by atoms with Gasteiger partial charge in [-0.05, 0) is 30.2 Å². The van der Waals surface area contributed by atoms with Gasteiger partial charge in [-0.15, -0.1) is 0 Å². The molecule has 2 aliphatic rings. The van der Waals surface area contributed by atoms with E-state index in [4.69, 9.17) is 15.0 Å². The number of fused-ring (bicyclic) bond motifs is 1. The first-order chi connectivity index (χ1) is 14.8. The first-order valence-corrected chi connectivity index (χ1v) is 10.7. The maximum atomic E-state index is 9.12. The summed E-state index contributed by atoms with van der Waals surface area (Å²) in [7, 11) is 0. The highest BCUT2D eigenvalue weighted by atomic mass is 16.5. The summed E-state index contributed by atoms with van der Waals surface area (Å²) in [5, 5.41) is 12.6. The number of nitriles is 1. The van der Waals surface area contributed by atoms with Gasteiger partial charge >= 0.3 is 0 Å². The lowest BCUT2D eigenvalue weighted by Crippen LogP contribution is -2.50. The Bertz CT molecular complexity index is 907. The Morgan fingerprint density at radius 2 is 2.00 bits per heavy atom. The van der Waals surface area contributed by atoms with E-state index in [9.17, 15) is 0 Å². The minimum Gasteiger partial charge on any atom is -0.373 e. The Morgan fingerprint density at radius 1 is 1.17 bits per heavy atom. The predicted octanol–water partition coefficient (Wildman–Crippen LogP) is 2.61. The molecule has 2 aromatic rings. The van der Waals surface area contributed by atoms with Crippen LogP contribution in [0.4, 0.5) is 0 Å². The Hall–Kier alpha value is -2.88. The van der Waals surface area contributed by atoms with Crippen LogP contribution in [-0.4, -0.2) is 60.7 Å². The fraction of sp³-hybridized carbons (Fsp3) is 0.417. The van der Waals surface area contributed by atoms with E-state index in [1.54, 1.807) is 0 Å². The first-order valence-electron chi connectivity index (χ1n) is 10.7. The molecule has 0 aromatic heterocycles. The summed E-state index contributed by atoms with van der Waals surface area (Å²) in [4.78, 5) is 9.72. The number of guanidine groups is 1. The van der Waals surface area contributed by atoms with E-state index < -0.39 is 0 Å². The normalized spacial score (nSPS) is 21.9. The number of nitrogens with one attached hydrogen (secondary N) is 1. The molecular weight excluding hydrogens is 374 g/mol. The average Bonchev–Trinajstić information content (AvgIpc) is 3.23. The molecule has 30 heavy (non-hydrogen) atoms. The number of ether oxygens (including phenoxy) is 1. The van der Waals surface area contributed by atoms with Crippen molar-refractivity contribution in [3.05, 3.63) is 71.3 Å². The van der Waals surface area contributed by atoms with Gasteiger partial charge in [0.25, 0.3) is 0 Å². The van der Waals surface area contributed by atoms with Crippen LogP contribution in [0, 0.1) is 11.3 Å². The van der Waals surface area contributed by atoms with Gasteiger partial charge in [0.05, 0.1) is 36.9 Å². The van der Waals surface area contributed by atoms with E-state index >= 15 is 0 Å². The second-order valence-corrected chi connectivity index (χ2v) is 7.82. The molecule has 6 heteroatoms. The molecule has 1 N–H and O–H groups in total.